The molecular weight excluding hydrogens is 334 g/mol. The molecule has 0 bridgehead atoms. The molecule has 0 aromatic heterocycles. The number of amides is 2. The molecule has 7 nitrogen and oxygen atoms in total. The Labute approximate surface area is 152 Å². The van der Waals surface area contributed by atoms with Crippen LogP contribution in [0.5, 0.6) is 11.5 Å². The van der Waals surface area contributed by atoms with Crippen molar-refractivity contribution in [3.05, 3.63) is 54.1 Å². The lowest BCUT2D eigenvalue weighted by Crippen LogP contribution is -2.24. The molecule has 0 atom stereocenters. The Morgan fingerprint density at radius 1 is 1.00 bits per heavy atom. The summed E-state index contributed by atoms with van der Waals surface area (Å²) in [6, 6.07) is 14.1. The number of hydrogen-bond acceptors (Lipinski definition) is 5. The summed E-state index contributed by atoms with van der Waals surface area (Å²) in [4.78, 5) is 23.6. The van der Waals surface area contributed by atoms with Gasteiger partial charge in [0.1, 0.15) is 17.9 Å². The molecule has 26 heavy (non-hydrogen) atoms. The maximum Gasteiger partial charge on any atom is 0.249 e. The van der Waals surface area contributed by atoms with Gasteiger partial charge in [-0.15, -0.1) is 0 Å². The molecule has 0 radical (unpaired) electrons. The van der Waals surface area contributed by atoms with Gasteiger partial charge in [0.15, 0.2) is 0 Å². The Morgan fingerprint density at radius 2 is 1.65 bits per heavy atom. The van der Waals surface area contributed by atoms with E-state index in [1.54, 1.807) is 55.6 Å². The molecular formula is C19H21N3O4. The number of methoxy groups -OCH3 is 1. The van der Waals surface area contributed by atoms with Crippen LogP contribution in [0.15, 0.2) is 53.6 Å². The van der Waals surface area contributed by atoms with Crippen molar-refractivity contribution in [1.82, 2.24) is 5.43 Å². The van der Waals surface area contributed by atoms with E-state index in [4.69, 9.17) is 9.47 Å². The quantitative estimate of drug-likeness (QED) is 0.433. The zero-order valence-electron chi connectivity index (χ0n) is 14.7. The average Bonchev–Trinajstić information content (AvgIpc) is 2.64. The molecule has 0 heterocycles. The average molecular weight is 355 g/mol. The fourth-order valence-corrected chi connectivity index (χ4v) is 2.06. The monoisotopic (exact) mass is 355 g/mol. The Hall–Kier alpha value is -3.35. The number of carbonyl (C=O) groups is 2. The largest absolute Gasteiger partial charge is 0.497 e. The third kappa shape index (κ3) is 6.27. The van der Waals surface area contributed by atoms with E-state index in [0.717, 1.165) is 17.1 Å². The van der Waals surface area contributed by atoms with Crippen molar-refractivity contribution in [1.29, 1.82) is 0 Å². The zero-order chi connectivity index (χ0) is 18.8. The fourth-order valence-electron chi connectivity index (χ4n) is 2.06. The van der Waals surface area contributed by atoms with Crippen LogP contribution in [0.4, 0.5) is 5.69 Å². The molecule has 0 saturated heterocycles. The molecule has 0 aliphatic carbocycles. The lowest BCUT2D eigenvalue weighted by Gasteiger charge is -2.06. The number of ether oxygens (including phenoxy) is 2. The van der Waals surface area contributed by atoms with Crippen LogP contribution in [0.25, 0.3) is 0 Å². The van der Waals surface area contributed by atoms with Crippen LogP contribution in [-0.2, 0) is 9.59 Å². The Bertz CT molecular complexity index is 755. The first-order valence-corrected chi connectivity index (χ1v) is 8.09. The normalized spacial score (nSPS) is 10.4. The fraction of sp³-hybridized carbons (Fsp3) is 0.211. The van der Waals surface area contributed by atoms with Crippen LogP contribution in [0.1, 0.15) is 18.9 Å². The minimum Gasteiger partial charge on any atom is -0.497 e. The first kappa shape index (κ1) is 19.0. The number of nitrogens with zero attached hydrogens (tertiary/aromatic N) is 1. The van der Waals surface area contributed by atoms with Gasteiger partial charge in [0.2, 0.25) is 11.8 Å². The van der Waals surface area contributed by atoms with Gasteiger partial charge < -0.3 is 14.8 Å². The number of carbonyl (C=O) groups excluding carboxylic acids is 2. The van der Waals surface area contributed by atoms with Crippen LogP contribution in [0.2, 0.25) is 0 Å². The van der Waals surface area contributed by atoms with Gasteiger partial charge in [-0.2, -0.15) is 5.10 Å². The molecule has 2 aromatic rings. The SMILES string of the molecule is CCOc1ccc(NC(=O)CC(=O)NN=Cc2ccc(OC)cc2)cc1. The molecule has 0 unspecified atom stereocenters. The van der Waals surface area contributed by atoms with Crippen molar-refractivity contribution < 1.29 is 19.1 Å². The number of rotatable bonds is 8. The van der Waals surface area contributed by atoms with E-state index >= 15 is 0 Å². The third-order valence-electron chi connectivity index (χ3n) is 3.29. The van der Waals surface area contributed by atoms with Crippen molar-refractivity contribution in [2.24, 2.45) is 5.10 Å². The summed E-state index contributed by atoms with van der Waals surface area (Å²) in [7, 11) is 1.59. The van der Waals surface area contributed by atoms with Crippen LogP contribution in [-0.4, -0.2) is 31.7 Å². The first-order chi connectivity index (χ1) is 12.6. The van der Waals surface area contributed by atoms with Gasteiger partial charge in [0, 0.05) is 5.69 Å². The van der Waals surface area contributed by atoms with Crippen molar-refractivity contribution in [2.45, 2.75) is 13.3 Å². The minimum absolute atomic E-state index is 0.326. The molecule has 2 N–H and O–H groups in total. The molecule has 0 aliphatic heterocycles. The van der Waals surface area contributed by atoms with Crippen molar-refractivity contribution in [3.63, 3.8) is 0 Å². The lowest BCUT2D eigenvalue weighted by atomic mass is 10.2. The minimum atomic E-state index is -0.502. The third-order valence-corrected chi connectivity index (χ3v) is 3.29. The molecule has 2 aromatic carbocycles. The van der Waals surface area contributed by atoms with E-state index in [2.05, 4.69) is 15.8 Å². The molecule has 0 fully saturated rings. The Balaban J connectivity index is 1.77. The predicted octanol–water partition coefficient (Wildman–Crippen LogP) is 2.57. The van der Waals surface area contributed by atoms with E-state index in [0.29, 0.717) is 12.3 Å². The van der Waals surface area contributed by atoms with E-state index in [-0.39, 0.29) is 6.42 Å². The number of anilines is 1. The van der Waals surface area contributed by atoms with Crippen LogP contribution in [0, 0.1) is 0 Å². The van der Waals surface area contributed by atoms with Gasteiger partial charge in [0.05, 0.1) is 19.9 Å². The second kappa shape index (κ2) is 9.83. The summed E-state index contributed by atoms with van der Waals surface area (Å²) in [5.41, 5.74) is 3.71. The van der Waals surface area contributed by atoms with Crippen LogP contribution >= 0.6 is 0 Å². The number of hydrogen-bond donors (Lipinski definition) is 2. The Kier molecular flexibility index (Phi) is 7.17. The van der Waals surface area contributed by atoms with Crippen molar-refractivity contribution in [2.75, 3.05) is 19.0 Å². The molecule has 2 rings (SSSR count). The predicted molar refractivity (Wildman–Crippen MR) is 99.6 cm³/mol. The summed E-state index contributed by atoms with van der Waals surface area (Å²) in [6.07, 6.45) is 1.16. The highest BCUT2D eigenvalue weighted by molar-refractivity contribution is 6.03. The van der Waals surface area contributed by atoms with Gasteiger partial charge in [-0.25, -0.2) is 5.43 Å². The van der Waals surface area contributed by atoms with Gasteiger partial charge in [-0.1, -0.05) is 0 Å². The molecule has 2 amide bonds. The van der Waals surface area contributed by atoms with Crippen LogP contribution < -0.4 is 20.2 Å². The highest BCUT2D eigenvalue weighted by Gasteiger charge is 2.09. The van der Waals surface area contributed by atoms with E-state index in [1.807, 2.05) is 6.92 Å². The highest BCUT2D eigenvalue weighted by atomic mass is 16.5. The first-order valence-electron chi connectivity index (χ1n) is 8.09. The summed E-state index contributed by atoms with van der Waals surface area (Å²) >= 11 is 0. The summed E-state index contributed by atoms with van der Waals surface area (Å²) in [6.45, 7) is 2.47. The van der Waals surface area contributed by atoms with Gasteiger partial charge in [-0.3, -0.25) is 9.59 Å². The topological polar surface area (TPSA) is 89.0 Å². The van der Waals surface area contributed by atoms with Gasteiger partial charge in [0.25, 0.3) is 0 Å². The number of nitrogens with one attached hydrogen (secondary N) is 2. The molecule has 0 aliphatic rings. The van der Waals surface area contributed by atoms with Crippen molar-refractivity contribution >= 4 is 23.7 Å². The van der Waals surface area contributed by atoms with Crippen LogP contribution in [0.3, 0.4) is 0 Å². The van der Waals surface area contributed by atoms with Gasteiger partial charge >= 0.3 is 0 Å². The van der Waals surface area contributed by atoms with E-state index in [9.17, 15) is 9.59 Å². The van der Waals surface area contributed by atoms with Crippen molar-refractivity contribution in [3.8, 4) is 11.5 Å². The smallest absolute Gasteiger partial charge is 0.249 e. The molecule has 136 valence electrons. The maximum atomic E-state index is 11.9. The van der Waals surface area contributed by atoms with E-state index in [1.165, 1.54) is 6.21 Å². The Morgan fingerprint density at radius 3 is 2.27 bits per heavy atom. The highest BCUT2D eigenvalue weighted by Crippen LogP contribution is 2.15. The van der Waals surface area contributed by atoms with E-state index < -0.39 is 11.8 Å². The zero-order valence-corrected chi connectivity index (χ0v) is 14.7. The number of benzene rings is 2. The molecule has 7 heteroatoms. The molecule has 0 spiro atoms. The summed E-state index contributed by atoms with van der Waals surface area (Å²) in [5, 5.41) is 6.47. The second-order valence-electron chi connectivity index (χ2n) is 5.25. The lowest BCUT2D eigenvalue weighted by molar-refractivity contribution is -0.126. The second-order valence-corrected chi connectivity index (χ2v) is 5.25. The maximum absolute atomic E-state index is 11.9. The summed E-state index contributed by atoms with van der Waals surface area (Å²) < 4.78 is 10.4. The number of hydrazone groups is 1. The molecule has 0 saturated carbocycles. The standard InChI is InChI=1S/C19H21N3O4/c1-3-26-17-10-6-15(7-11-17)21-18(23)12-19(24)22-20-13-14-4-8-16(25-2)9-5-14/h4-11,13H,3,12H2,1-2H3,(H,21,23)(H,22,24). The van der Waals surface area contributed by atoms with Gasteiger partial charge in [-0.05, 0) is 61.0 Å². The summed E-state index contributed by atoms with van der Waals surface area (Å²) in [5.74, 6) is 0.526.